The average molecular weight is 200 g/mol. The van der Waals surface area contributed by atoms with Gasteiger partial charge in [-0.3, -0.25) is 0 Å². The Balaban J connectivity index is 2.48. The number of thiazole rings is 1. The van der Waals surface area contributed by atoms with Crippen LogP contribution in [0.15, 0.2) is 5.38 Å². The first-order valence-electron chi connectivity index (χ1n) is 4.37. The van der Waals surface area contributed by atoms with E-state index in [1.807, 2.05) is 7.05 Å². The number of rotatable bonds is 5. The zero-order chi connectivity index (χ0) is 9.68. The molecule has 1 unspecified atom stereocenters. The third kappa shape index (κ3) is 3.42. The number of aromatic nitrogens is 1. The van der Waals surface area contributed by atoms with Crippen LogP contribution in [0.25, 0.3) is 0 Å². The number of nitrogens with zero attached hydrogens (tertiary/aromatic N) is 1. The van der Waals surface area contributed by atoms with Crippen molar-refractivity contribution in [3.05, 3.63) is 16.1 Å². The first-order chi connectivity index (χ1) is 6.26. The van der Waals surface area contributed by atoms with E-state index in [0.29, 0.717) is 0 Å². The molecule has 13 heavy (non-hydrogen) atoms. The van der Waals surface area contributed by atoms with E-state index in [-0.39, 0.29) is 6.10 Å². The van der Waals surface area contributed by atoms with Crippen molar-refractivity contribution in [2.75, 3.05) is 14.2 Å². The van der Waals surface area contributed by atoms with Crippen molar-refractivity contribution < 1.29 is 4.74 Å². The minimum atomic E-state index is 0.258. The van der Waals surface area contributed by atoms with Gasteiger partial charge in [0.15, 0.2) is 0 Å². The van der Waals surface area contributed by atoms with Gasteiger partial charge in [0, 0.05) is 25.5 Å². The van der Waals surface area contributed by atoms with Gasteiger partial charge in [-0.15, -0.1) is 11.3 Å². The van der Waals surface area contributed by atoms with Gasteiger partial charge in [0.25, 0.3) is 0 Å². The van der Waals surface area contributed by atoms with Crippen LogP contribution < -0.4 is 5.32 Å². The predicted molar refractivity (Wildman–Crippen MR) is 55.1 cm³/mol. The summed E-state index contributed by atoms with van der Waals surface area (Å²) in [5, 5.41) is 6.32. The number of nitrogens with one attached hydrogen (secondary N) is 1. The molecule has 0 saturated carbocycles. The van der Waals surface area contributed by atoms with E-state index >= 15 is 0 Å². The van der Waals surface area contributed by atoms with Gasteiger partial charge in [0.1, 0.15) is 0 Å². The number of hydrogen-bond acceptors (Lipinski definition) is 4. The summed E-state index contributed by atoms with van der Waals surface area (Å²) in [4.78, 5) is 4.46. The van der Waals surface area contributed by atoms with Crippen molar-refractivity contribution in [3.8, 4) is 0 Å². The third-order valence-electron chi connectivity index (χ3n) is 1.82. The van der Waals surface area contributed by atoms with Gasteiger partial charge in [0.2, 0.25) is 0 Å². The Morgan fingerprint density at radius 1 is 1.69 bits per heavy atom. The fraction of sp³-hybridized carbons (Fsp3) is 0.667. The van der Waals surface area contributed by atoms with Crippen molar-refractivity contribution in [1.82, 2.24) is 10.3 Å². The molecule has 0 spiro atoms. The lowest BCUT2D eigenvalue weighted by molar-refractivity contribution is 0.118. The fourth-order valence-electron chi connectivity index (χ4n) is 1.03. The van der Waals surface area contributed by atoms with Crippen LogP contribution >= 0.6 is 11.3 Å². The Labute approximate surface area is 83.1 Å². The van der Waals surface area contributed by atoms with Crippen molar-refractivity contribution >= 4 is 11.3 Å². The predicted octanol–water partition coefficient (Wildman–Crippen LogP) is 1.44. The van der Waals surface area contributed by atoms with Gasteiger partial charge in [-0.2, -0.15) is 0 Å². The van der Waals surface area contributed by atoms with Crippen LogP contribution in [0.4, 0.5) is 0 Å². The number of ether oxygens (including phenoxy) is 1. The lowest BCUT2D eigenvalue weighted by atomic mass is 10.3. The first kappa shape index (κ1) is 10.6. The van der Waals surface area contributed by atoms with Gasteiger partial charge in [-0.1, -0.05) is 0 Å². The van der Waals surface area contributed by atoms with E-state index < -0.39 is 0 Å². The Morgan fingerprint density at radius 3 is 3.08 bits per heavy atom. The van der Waals surface area contributed by atoms with Gasteiger partial charge < -0.3 is 10.1 Å². The molecule has 1 aromatic rings. The molecule has 0 amide bonds. The summed E-state index contributed by atoms with van der Waals surface area (Å²) < 4.78 is 5.17. The van der Waals surface area contributed by atoms with Crippen molar-refractivity contribution in [2.24, 2.45) is 0 Å². The van der Waals surface area contributed by atoms with E-state index in [1.54, 1.807) is 18.4 Å². The van der Waals surface area contributed by atoms with Crippen LogP contribution in [0.2, 0.25) is 0 Å². The molecule has 3 nitrogen and oxygen atoms in total. The number of hydrogen-bond donors (Lipinski definition) is 1. The fourth-order valence-corrected chi connectivity index (χ4v) is 1.94. The molecule has 0 aromatic carbocycles. The Hall–Kier alpha value is -0.450. The molecule has 1 aromatic heterocycles. The van der Waals surface area contributed by atoms with Gasteiger partial charge in [0.05, 0.1) is 16.8 Å². The van der Waals surface area contributed by atoms with Crippen LogP contribution in [-0.2, 0) is 17.7 Å². The molecule has 4 heteroatoms. The van der Waals surface area contributed by atoms with Crippen molar-refractivity contribution in [1.29, 1.82) is 0 Å². The smallest absolute Gasteiger partial charge is 0.0954 e. The standard InChI is InChI=1S/C9H16N2OS/c1-7(12-3)4-9-11-8(5-10-2)6-13-9/h6-7,10H,4-5H2,1-3H3. The van der Waals surface area contributed by atoms with Crippen molar-refractivity contribution in [3.63, 3.8) is 0 Å². The highest BCUT2D eigenvalue weighted by atomic mass is 32.1. The monoisotopic (exact) mass is 200 g/mol. The molecule has 0 aliphatic heterocycles. The topological polar surface area (TPSA) is 34.1 Å². The number of methoxy groups -OCH3 is 1. The molecule has 1 heterocycles. The van der Waals surface area contributed by atoms with Crippen molar-refractivity contribution in [2.45, 2.75) is 26.0 Å². The SMILES string of the molecule is CNCc1csc(CC(C)OC)n1. The zero-order valence-corrected chi connectivity index (χ0v) is 9.15. The third-order valence-corrected chi connectivity index (χ3v) is 2.74. The maximum absolute atomic E-state index is 5.17. The molecule has 0 bridgehead atoms. The van der Waals surface area contributed by atoms with Crippen LogP contribution in [0.5, 0.6) is 0 Å². The van der Waals surface area contributed by atoms with E-state index in [0.717, 1.165) is 23.7 Å². The van der Waals surface area contributed by atoms with Crippen LogP contribution in [-0.4, -0.2) is 25.2 Å². The van der Waals surface area contributed by atoms with E-state index in [4.69, 9.17) is 4.74 Å². The molecule has 0 aliphatic carbocycles. The minimum absolute atomic E-state index is 0.258. The molecule has 1 rings (SSSR count). The molecule has 74 valence electrons. The average Bonchev–Trinajstić information content (AvgIpc) is 2.53. The van der Waals surface area contributed by atoms with Gasteiger partial charge in [-0.25, -0.2) is 4.98 Å². The second kappa shape index (κ2) is 5.32. The summed E-state index contributed by atoms with van der Waals surface area (Å²) in [5.41, 5.74) is 1.12. The molecular formula is C9H16N2OS. The summed E-state index contributed by atoms with van der Waals surface area (Å²) in [6.45, 7) is 2.90. The summed E-state index contributed by atoms with van der Waals surface area (Å²) in [7, 11) is 3.66. The largest absolute Gasteiger partial charge is 0.381 e. The molecule has 0 fully saturated rings. The summed E-state index contributed by atoms with van der Waals surface area (Å²) in [6.07, 6.45) is 1.17. The highest BCUT2D eigenvalue weighted by molar-refractivity contribution is 7.09. The normalized spacial score (nSPS) is 13.2. The maximum atomic E-state index is 5.17. The first-order valence-corrected chi connectivity index (χ1v) is 5.25. The van der Waals surface area contributed by atoms with Gasteiger partial charge >= 0.3 is 0 Å². The molecule has 1 N–H and O–H groups in total. The van der Waals surface area contributed by atoms with Gasteiger partial charge in [-0.05, 0) is 14.0 Å². The summed E-state index contributed by atoms with van der Waals surface area (Å²) >= 11 is 1.70. The van der Waals surface area contributed by atoms with E-state index in [2.05, 4.69) is 22.6 Å². The Bertz CT molecular complexity index is 250. The molecular weight excluding hydrogens is 184 g/mol. The minimum Gasteiger partial charge on any atom is -0.381 e. The molecule has 0 saturated heterocycles. The van der Waals surface area contributed by atoms with Crippen LogP contribution in [0, 0.1) is 0 Å². The molecule has 1 atom stereocenters. The maximum Gasteiger partial charge on any atom is 0.0954 e. The highest BCUT2D eigenvalue weighted by Gasteiger charge is 2.05. The Morgan fingerprint density at radius 2 is 2.46 bits per heavy atom. The van der Waals surface area contributed by atoms with E-state index in [9.17, 15) is 0 Å². The molecule has 0 aliphatic rings. The quantitative estimate of drug-likeness (QED) is 0.781. The van der Waals surface area contributed by atoms with Crippen LogP contribution in [0.3, 0.4) is 0 Å². The summed E-state index contributed by atoms with van der Waals surface area (Å²) in [5.74, 6) is 0. The molecule has 0 radical (unpaired) electrons. The van der Waals surface area contributed by atoms with E-state index in [1.165, 1.54) is 0 Å². The zero-order valence-electron chi connectivity index (χ0n) is 8.33. The van der Waals surface area contributed by atoms with Crippen LogP contribution in [0.1, 0.15) is 17.6 Å². The Kier molecular flexibility index (Phi) is 4.35. The highest BCUT2D eigenvalue weighted by Crippen LogP contribution is 2.12. The lowest BCUT2D eigenvalue weighted by Crippen LogP contribution is -2.09. The lowest BCUT2D eigenvalue weighted by Gasteiger charge is -2.05. The second-order valence-electron chi connectivity index (χ2n) is 3.01. The summed E-state index contributed by atoms with van der Waals surface area (Å²) in [6, 6.07) is 0. The second-order valence-corrected chi connectivity index (χ2v) is 3.96.